The van der Waals surface area contributed by atoms with E-state index in [1.807, 2.05) is 18.2 Å². The van der Waals surface area contributed by atoms with Crippen molar-refractivity contribution >= 4 is 45.8 Å². The van der Waals surface area contributed by atoms with E-state index >= 15 is 0 Å². The van der Waals surface area contributed by atoms with Crippen molar-refractivity contribution in [1.29, 1.82) is 0 Å². The maximum atomic E-state index is 13.4. The molecular formula is C36H41FN10O4. The Hall–Kier alpha value is -5.73. The van der Waals surface area contributed by atoms with Gasteiger partial charge in [-0.15, -0.1) is 5.10 Å². The highest BCUT2D eigenvalue weighted by atomic mass is 19.1. The number of nitrogens with one attached hydrogen (secondary N) is 4. The molecule has 2 amide bonds. The number of hydrogen-bond acceptors (Lipinski definition) is 8. The van der Waals surface area contributed by atoms with E-state index in [1.165, 1.54) is 16.8 Å². The summed E-state index contributed by atoms with van der Waals surface area (Å²) in [5, 5.41) is 16.4. The van der Waals surface area contributed by atoms with E-state index < -0.39 is 24.2 Å². The first kappa shape index (κ1) is 33.8. The fourth-order valence-electron chi connectivity index (χ4n) is 6.89. The molecule has 266 valence electrons. The zero-order valence-electron chi connectivity index (χ0n) is 28.6. The monoisotopic (exact) mass is 696 g/mol. The number of pyridine rings is 1. The number of para-hydroxylation sites is 1. The van der Waals surface area contributed by atoms with Crippen LogP contribution in [0.4, 0.5) is 21.7 Å². The van der Waals surface area contributed by atoms with Gasteiger partial charge in [0.05, 0.1) is 29.0 Å². The van der Waals surface area contributed by atoms with E-state index in [-0.39, 0.29) is 22.9 Å². The quantitative estimate of drug-likeness (QED) is 0.135. The molecular weight excluding hydrogens is 655 g/mol. The molecule has 4 N–H and O–H groups in total. The smallest absolute Gasteiger partial charge is 0.329 e. The van der Waals surface area contributed by atoms with Crippen molar-refractivity contribution in [3.05, 3.63) is 93.0 Å². The molecule has 1 saturated carbocycles. The number of carbonyl (C=O) groups is 2. The second-order valence-corrected chi connectivity index (χ2v) is 13.2. The summed E-state index contributed by atoms with van der Waals surface area (Å²) < 4.78 is 19.8. The zero-order chi connectivity index (χ0) is 35.8. The van der Waals surface area contributed by atoms with Crippen molar-refractivity contribution in [1.82, 2.24) is 38.9 Å². The number of nitrogens with zero attached hydrogens (tertiary/aromatic N) is 6. The maximum Gasteiger partial charge on any atom is 0.329 e. The van der Waals surface area contributed by atoms with E-state index in [4.69, 9.17) is 0 Å². The van der Waals surface area contributed by atoms with Crippen molar-refractivity contribution < 1.29 is 14.0 Å². The van der Waals surface area contributed by atoms with E-state index in [0.717, 1.165) is 48.7 Å². The first-order valence-electron chi connectivity index (χ1n) is 17.3. The largest absolute Gasteiger partial charge is 0.385 e. The summed E-state index contributed by atoms with van der Waals surface area (Å²) in [6.45, 7) is 4.34. The molecule has 5 aromatic rings. The van der Waals surface area contributed by atoms with Gasteiger partial charge in [0.15, 0.2) is 17.2 Å². The molecule has 51 heavy (non-hydrogen) atoms. The molecule has 1 aromatic carbocycles. The summed E-state index contributed by atoms with van der Waals surface area (Å²) in [4.78, 5) is 56.2. The summed E-state index contributed by atoms with van der Waals surface area (Å²) in [5.41, 5.74) is 4.19. The standard InChI is InChI=1S/C36H41FN10O4/c1-21-15-16-27(34(49)40-21)46-26-12-8-11-22(32(26)44(3)36(46)51)10-6-4-5-7-17-45-30(13-9-14-31(45)48)42-29-19-25(38-2)33-39-20-28(47(33)43-29)35(50)41-24-18-23(24)37/h8-9,11-14,19-20,23-24,27,38H,1,4-7,10,15-18H2,2-3H3,(H,40,49)(H,41,50)(H,42,43)/t23-,24+,27?/m0/s1. The fraction of sp³-hybridized carbons (Fsp3) is 0.389. The maximum absolute atomic E-state index is 13.4. The van der Waals surface area contributed by atoms with Crippen LogP contribution in [0.15, 0.2) is 70.5 Å². The van der Waals surface area contributed by atoms with Gasteiger partial charge in [-0.05, 0) is 49.8 Å². The van der Waals surface area contributed by atoms with Crippen LogP contribution in [0.1, 0.15) is 67.0 Å². The minimum Gasteiger partial charge on any atom is -0.385 e. The van der Waals surface area contributed by atoms with Gasteiger partial charge in [-0.3, -0.25) is 28.1 Å². The number of allylic oxidation sites excluding steroid dienone is 1. The summed E-state index contributed by atoms with van der Waals surface area (Å²) in [7, 11) is 3.49. The Balaban J connectivity index is 0.999. The van der Waals surface area contributed by atoms with Crippen molar-refractivity contribution in [3.8, 4) is 0 Å². The number of imidazole rings is 2. The van der Waals surface area contributed by atoms with Gasteiger partial charge in [0.25, 0.3) is 11.5 Å². The van der Waals surface area contributed by atoms with Gasteiger partial charge in [0.1, 0.15) is 18.0 Å². The topological polar surface area (TPSA) is 161 Å². The first-order valence-corrected chi connectivity index (χ1v) is 17.3. The number of piperidine rings is 1. The van der Waals surface area contributed by atoms with Crippen LogP contribution in [-0.2, 0) is 24.8 Å². The predicted molar refractivity (Wildman–Crippen MR) is 192 cm³/mol. The normalized spacial score (nSPS) is 18.6. The van der Waals surface area contributed by atoms with E-state index in [2.05, 4.69) is 37.9 Å². The van der Waals surface area contributed by atoms with Crippen LogP contribution >= 0.6 is 0 Å². The molecule has 3 atom stereocenters. The van der Waals surface area contributed by atoms with Gasteiger partial charge in [-0.1, -0.05) is 37.6 Å². The molecule has 2 fully saturated rings. The van der Waals surface area contributed by atoms with Crippen LogP contribution < -0.4 is 32.5 Å². The number of carbonyl (C=O) groups excluding carboxylic acids is 2. The molecule has 1 aliphatic heterocycles. The van der Waals surface area contributed by atoms with Gasteiger partial charge in [-0.2, -0.15) is 0 Å². The molecule has 1 aliphatic carbocycles. The number of fused-ring (bicyclic) bond motifs is 2. The van der Waals surface area contributed by atoms with Crippen LogP contribution in [0, 0.1) is 0 Å². The molecule has 0 radical (unpaired) electrons. The number of anilines is 3. The van der Waals surface area contributed by atoms with Crippen LogP contribution in [0.25, 0.3) is 16.7 Å². The number of amides is 2. The number of hydrogen-bond donors (Lipinski definition) is 4. The minimum atomic E-state index is -1.04. The lowest BCUT2D eigenvalue weighted by Gasteiger charge is -2.24. The number of aryl methyl sites for hydroxylation is 2. The van der Waals surface area contributed by atoms with Crippen LogP contribution in [0.2, 0.25) is 0 Å². The molecule has 14 nitrogen and oxygen atoms in total. The van der Waals surface area contributed by atoms with Crippen molar-refractivity contribution in [2.45, 2.75) is 76.2 Å². The van der Waals surface area contributed by atoms with Gasteiger partial charge in [-0.25, -0.2) is 18.7 Å². The Labute approximate surface area is 292 Å². The molecule has 7 rings (SSSR count). The highest BCUT2D eigenvalue weighted by molar-refractivity contribution is 5.94. The Morgan fingerprint density at radius 1 is 1.10 bits per heavy atom. The third-order valence-electron chi connectivity index (χ3n) is 9.70. The minimum absolute atomic E-state index is 0.157. The lowest BCUT2D eigenvalue weighted by Crippen LogP contribution is -2.40. The summed E-state index contributed by atoms with van der Waals surface area (Å²) >= 11 is 0. The summed E-state index contributed by atoms with van der Waals surface area (Å²) in [5.74, 6) is 0.269. The molecule has 0 bridgehead atoms. The zero-order valence-corrected chi connectivity index (χ0v) is 28.6. The third kappa shape index (κ3) is 6.62. The van der Waals surface area contributed by atoms with Crippen molar-refractivity contribution in [3.63, 3.8) is 0 Å². The molecule has 0 spiro atoms. The molecule has 2 aliphatic rings. The predicted octanol–water partition coefficient (Wildman–Crippen LogP) is 3.94. The fourth-order valence-corrected chi connectivity index (χ4v) is 6.89. The number of benzene rings is 1. The van der Waals surface area contributed by atoms with Crippen molar-refractivity contribution in [2.24, 2.45) is 7.05 Å². The number of rotatable bonds is 13. The molecule has 5 heterocycles. The molecule has 4 aromatic heterocycles. The average molecular weight is 697 g/mol. The SMILES string of the molecule is C=C1CCC(n2c(=O)n(C)c3c(CCCCCCn4c(Nc5cc(NC)c6ncc(C(=O)N[C@@H]7C[C@@H]7F)n6n5)cccc4=O)cccc32)C(=O)N1. The Morgan fingerprint density at radius 3 is 2.65 bits per heavy atom. The molecule has 15 heteroatoms. The van der Waals surface area contributed by atoms with Crippen LogP contribution in [-0.4, -0.2) is 59.4 Å². The molecule has 1 saturated heterocycles. The van der Waals surface area contributed by atoms with Crippen LogP contribution in [0.5, 0.6) is 0 Å². The highest BCUT2D eigenvalue weighted by Crippen LogP contribution is 2.28. The second-order valence-electron chi connectivity index (χ2n) is 13.2. The number of alkyl halides is 1. The van der Waals surface area contributed by atoms with Gasteiger partial charge in [0, 0.05) is 44.9 Å². The Bertz CT molecular complexity index is 2290. The van der Waals surface area contributed by atoms with Crippen LogP contribution in [0.3, 0.4) is 0 Å². The van der Waals surface area contributed by atoms with E-state index in [0.29, 0.717) is 54.5 Å². The van der Waals surface area contributed by atoms with Crippen molar-refractivity contribution in [2.75, 3.05) is 17.7 Å². The average Bonchev–Trinajstić information content (AvgIpc) is 3.51. The van der Waals surface area contributed by atoms with Gasteiger partial charge < -0.3 is 21.3 Å². The van der Waals surface area contributed by atoms with E-state index in [1.54, 1.807) is 46.0 Å². The molecule has 1 unspecified atom stereocenters. The number of aromatic nitrogens is 6. The lowest BCUT2D eigenvalue weighted by atomic mass is 10.0. The Kier molecular flexibility index (Phi) is 9.19. The number of halogens is 1. The lowest BCUT2D eigenvalue weighted by molar-refractivity contribution is -0.124. The van der Waals surface area contributed by atoms with Gasteiger partial charge in [0.2, 0.25) is 5.91 Å². The first-order chi connectivity index (χ1) is 24.6. The summed E-state index contributed by atoms with van der Waals surface area (Å²) in [6.07, 6.45) is 6.05. The number of unbranched alkanes of at least 4 members (excludes halogenated alkanes) is 3. The van der Waals surface area contributed by atoms with Gasteiger partial charge >= 0.3 is 5.69 Å². The van der Waals surface area contributed by atoms with E-state index in [9.17, 15) is 23.6 Å². The third-order valence-corrected chi connectivity index (χ3v) is 9.70. The second kappa shape index (κ2) is 13.9. The highest BCUT2D eigenvalue weighted by Gasteiger charge is 2.39. The Morgan fingerprint density at radius 2 is 1.88 bits per heavy atom. The summed E-state index contributed by atoms with van der Waals surface area (Å²) in [6, 6.07) is 11.5.